The Morgan fingerprint density at radius 2 is 1.50 bits per heavy atom. The van der Waals surface area contributed by atoms with E-state index < -0.39 is 0 Å². The summed E-state index contributed by atoms with van der Waals surface area (Å²) in [6.45, 7) is 0. The molecule has 0 bridgehead atoms. The molecule has 1 aromatic carbocycles. The number of rotatable bonds is 0. The first-order chi connectivity index (χ1) is 3.39. The SMILES string of the molecule is [Cu].[Se]c1ccccc1. The Kier molecular flexibility index (Phi) is 4.30. The number of hydrogen-bond donors (Lipinski definition) is 0. The van der Waals surface area contributed by atoms with Crippen molar-refractivity contribution in [3.63, 3.8) is 0 Å². The Morgan fingerprint density at radius 1 is 1.00 bits per heavy atom. The molecule has 0 spiro atoms. The Morgan fingerprint density at radius 3 is 1.75 bits per heavy atom. The zero-order chi connectivity index (χ0) is 5.11. The van der Waals surface area contributed by atoms with E-state index in [2.05, 4.69) is 16.0 Å². The van der Waals surface area contributed by atoms with E-state index >= 15 is 0 Å². The van der Waals surface area contributed by atoms with Gasteiger partial charge in [0.25, 0.3) is 0 Å². The number of hydrogen-bond acceptors (Lipinski definition) is 0. The molecule has 0 N–H and O–H groups in total. The second kappa shape index (κ2) is 4.17. The monoisotopic (exact) mass is 220 g/mol. The fraction of sp³-hybridized carbons (Fsp3) is 0. The molecule has 0 atom stereocenters. The molecule has 2 heteroatoms. The minimum atomic E-state index is 0. The first-order valence-electron chi connectivity index (χ1n) is 2.11. The maximum absolute atomic E-state index is 2.90. The molecule has 0 heterocycles. The molecular weight excluding hydrogens is 215 g/mol. The molecule has 0 aliphatic heterocycles. The summed E-state index contributed by atoms with van der Waals surface area (Å²) in [6, 6.07) is 10.1. The molecule has 8 heavy (non-hydrogen) atoms. The van der Waals surface area contributed by atoms with Gasteiger partial charge in [-0.3, -0.25) is 0 Å². The van der Waals surface area contributed by atoms with Crippen LogP contribution in [0.5, 0.6) is 0 Å². The van der Waals surface area contributed by atoms with Gasteiger partial charge in [-0.05, 0) is 0 Å². The maximum atomic E-state index is 2.90. The Labute approximate surface area is 68.0 Å². The summed E-state index contributed by atoms with van der Waals surface area (Å²) in [4.78, 5) is 0. The average Bonchev–Trinajstić information content (AvgIpc) is 1.69. The van der Waals surface area contributed by atoms with Gasteiger partial charge >= 0.3 is 50.8 Å². The summed E-state index contributed by atoms with van der Waals surface area (Å²) in [5, 5.41) is 0. The van der Waals surface area contributed by atoms with Crippen LogP contribution < -0.4 is 4.46 Å². The van der Waals surface area contributed by atoms with Crippen LogP contribution in [0.1, 0.15) is 0 Å². The van der Waals surface area contributed by atoms with Gasteiger partial charge in [0.1, 0.15) is 0 Å². The van der Waals surface area contributed by atoms with Crippen molar-refractivity contribution in [1.29, 1.82) is 0 Å². The predicted molar refractivity (Wildman–Crippen MR) is 31.8 cm³/mol. The molecule has 0 aliphatic carbocycles. The first-order valence-corrected chi connectivity index (χ1v) is 2.97. The van der Waals surface area contributed by atoms with Crippen LogP contribution in [0.3, 0.4) is 0 Å². The van der Waals surface area contributed by atoms with Crippen LogP contribution in [0, 0.1) is 0 Å². The van der Waals surface area contributed by atoms with E-state index in [1.807, 2.05) is 30.3 Å². The molecule has 46 valence electrons. The molecule has 0 aliphatic rings. The van der Waals surface area contributed by atoms with Crippen LogP contribution in [0.25, 0.3) is 0 Å². The van der Waals surface area contributed by atoms with Gasteiger partial charge < -0.3 is 0 Å². The predicted octanol–water partition coefficient (Wildman–Crippen LogP) is 0.478. The van der Waals surface area contributed by atoms with Crippen molar-refractivity contribution in [2.45, 2.75) is 0 Å². The summed E-state index contributed by atoms with van der Waals surface area (Å²) in [7, 11) is 0. The van der Waals surface area contributed by atoms with Crippen LogP contribution in [0.4, 0.5) is 0 Å². The molecule has 1 aromatic rings. The van der Waals surface area contributed by atoms with Gasteiger partial charge in [0.05, 0.1) is 0 Å². The summed E-state index contributed by atoms with van der Waals surface area (Å²) >= 11 is 2.90. The van der Waals surface area contributed by atoms with Gasteiger partial charge in [0, 0.05) is 17.1 Å². The Hall–Kier alpha value is 0.259. The summed E-state index contributed by atoms with van der Waals surface area (Å²) < 4.78 is 1.20. The van der Waals surface area contributed by atoms with Crippen molar-refractivity contribution in [2.75, 3.05) is 0 Å². The van der Waals surface area contributed by atoms with E-state index in [4.69, 9.17) is 0 Å². The van der Waals surface area contributed by atoms with Crippen molar-refractivity contribution in [3.05, 3.63) is 30.3 Å². The molecule has 0 amide bonds. The Balaban J connectivity index is 0.000000490. The van der Waals surface area contributed by atoms with Crippen molar-refractivity contribution in [1.82, 2.24) is 0 Å². The van der Waals surface area contributed by atoms with Crippen molar-refractivity contribution in [2.24, 2.45) is 0 Å². The molecule has 0 nitrogen and oxygen atoms in total. The molecule has 1 rings (SSSR count). The van der Waals surface area contributed by atoms with Gasteiger partial charge in [-0.2, -0.15) is 0 Å². The van der Waals surface area contributed by atoms with Gasteiger partial charge in [-0.1, -0.05) is 0 Å². The third kappa shape index (κ3) is 2.54. The zero-order valence-electron chi connectivity index (χ0n) is 4.10. The zero-order valence-corrected chi connectivity index (χ0v) is 6.75. The molecule has 0 saturated carbocycles. The van der Waals surface area contributed by atoms with Gasteiger partial charge in [-0.25, -0.2) is 0 Å². The van der Waals surface area contributed by atoms with Crippen LogP contribution >= 0.6 is 0 Å². The van der Waals surface area contributed by atoms with E-state index in [0.29, 0.717) is 0 Å². The first kappa shape index (κ1) is 8.26. The topological polar surface area (TPSA) is 0 Å². The van der Waals surface area contributed by atoms with E-state index in [1.54, 1.807) is 0 Å². The van der Waals surface area contributed by atoms with Crippen molar-refractivity contribution < 1.29 is 17.1 Å². The van der Waals surface area contributed by atoms with Crippen LogP contribution in [0.15, 0.2) is 30.3 Å². The normalized spacial score (nSPS) is 7.50. The second-order valence-electron chi connectivity index (χ2n) is 1.31. The molecular formula is C6H5CuSe. The molecule has 0 fully saturated rings. The summed E-state index contributed by atoms with van der Waals surface area (Å²) in [6.07, 6.45) is 0. The second-order valence-corrected chi connectivity index (χ2v) is 2.30. The third-order valence-corrected chi connectivity index (χ3v) is 1.31. The van der Waals surface area contributed by atoms with Gasteiger partial charge in [0.2, 0.25) is 0 Å². The third-order valence-electron chi connectivity index (χ3n) is 0.743. The molecule has 0 saturated heterocycles. The van der Waals surface area contributed by atoms with E-state index in [0.717, 1.165) is 0 Å². The summed E-state index contributed by atoms with van der Waals surface area (Å²) in [5.41, 5.74) is 0. The van der Waals surface area contributed by atoms with Crippen molar-refractivity contribution >= 4 is 20.5 Å². The number of benzene rings is 1. The van der Waals surface area contributed by atoms with E-state index in [9.17, 15) is 0 Å². The fourth-order valence-electron chi connectivity index (χ4n) is 0.420. The summed E-state index contributed by atoms with van der Waals surface area (Å²) in [5.74, 6) is 0. The van der Waals surface area contributed by atoms with Gasteiger partial charge in [0.15, 0.2) is 0 Å². The van der Waals surface area contributed by atoms with Crippen LogP contribution in [-0.2, 0) is 17.1 Å². The standard InChI is InChI=1S/C6H5Se.Cu/c7-6-4-2-1-3-5-6;/h1-5H;. The fourth-order valence-corrected chi connectivity index (χ4v) is 0.750. The van der Waals surface area contributed by atoms with E-state index in [-0.39, 0.29) is 17.1 Å². The van der Waals surface area contributed by atoms with Crippen LogP contribution in [-0.4, -0.2) is 16.0 Å². The molecule has 2 radical (unpaired) electrons. The van der Waals surface area contributed by atoms with Crippen LogP contribution in [0.2, 0.25) is 0 Å². The quantitative estimate of drug-likeness (QED) is 0.557. The minimum absolute atomic E-state index is 0. The van der Waals surface area contributed by atoms with E-state index in [1.165, 1.54) is 4.46 Å². The molecule has 0 unspecified atom stereocenters. The van der Waals surface area contributed by atoms with Gasteiger partial charge in [-0.15, -0.1) is 0 Å². The molecule has 0 aromatic heterocycles. The Bertz CT molecular complexity index is 138. The average molecular weight is 220 g/mol. The van der Waals surface area contributed by atoms with Crippen molar-refractivity contribution in [3.8, 4) is 0 Å².